The van der Waals surface area contributed by atoms with Crippen LogP contribution in [0.25, 0.3) is 0 Å². The van der Waals surface area contributed by atoms with Crippen molar-refractivity contribution in [3.8, 4) is 6.07 Å². The molecule has 1 heteroatoms. The van der Waals surface area contributed by atoms with E-state index in [-0.39, 0.29) is 0 Å². The van der Waals surface area contributed by atoms with Crippen molar-refractivity contribution in [2.24, 2.45) is 35.5 Å². The normalized spacial score (nSPS) is 37.6. The fourth-order valence-electron chi connectivity index (χ4n) is 6.55. The summed E-state index contributed by atoms with van der Waals surface area (Å²) in [5.74, 6) is 5.53. The summed E-state index contributed by atoms with van der Waals surface area (Å²) in [4.78, 5) is 0. The summed E-state index contributed by atoms with van der Waals surface area (Å²) in [7, 11) is 0. The average Bonchev–Trinajstić information content (AvgIpc) is 2.73. The summed E-state index contributed by atoms with van der Waals surface area (Å²) in [5, 5.41) is 9.05. The van der Waals surface area contributed by atoms with Gasteiger partial charge in [0.2, 0.25) is 0 Å². The second-order valence-electron chi connectivity index (χ2n) is 10.6. The molecule has 3 aliphatic rings. The Bertz CT molecular complexity index is 426. The lowest BCUT2D eigenvalue weighted by Gasteiger charge is -2.33. The monoisotopic (exact) mass is 371 g/mol. The van der Waals surface area contributed by atoms with Crippen LogP contribution in [0.15, 0.2) is 0 Å². The van der Waals surface area contributed by atoms with Gasteiger partial charge in [-0.1, -0.05) is 96.8 Å². The highest BCUT2D eigenvalue weighted by Gasteiger charge is 2.26. The molecule has 0 aliphatic heterocycles. The minimum atomic E-state index is 0.374. The average molecular weight is 372 g/mol. The lowest BCUT2D eigenvalue weighted by molar-refractivity contribution is 0.199. The molecule has 0 unspecified atom stereocenters. The smallest absolute Gasteiger partial charge is 0.0655 e. The third-order valence-corrected chi connectivity index (χ3v) is 8.63. The topological polar surface area (TPSA) is 23.8 Å². The molecule has 0 N–H and O–H groups in total. The molecule has 3 rings (SSSR count). The van der Waals surface area contributed by atoms with Gasteiger partial charge in [0.25, 0.3) is 0 Å². The van der Waals surface area contributed by atoms with Crippen molar-refractivity contribution in [3.05, 3.63) is 0 Å². The Morgan fingerprint density at radius 3 is 1.11 bits per heavy atom. The highest BCUT2D eigenvalue weighted by molar-refractivity contribution is 4.87. The molecule has 0 radical (unpaired) electrons. The maximum atomic E-state index is 9.05. The number of rotatable bonds is 8. The first-order valence-corrected chi connectivity index (χ1v) is 12.7. The van der Waals surface area contributed by atoms with Crippen LogP contribution in [0.4, 0.5) is 0 Å². The van der Waals surface area contributed by atoms with Crippen LogP contribution in [0.3, 0.4) is 0 Å². The Labute approximate surface area is 169 Å². The Morgan fingerprint density at radius 2 is 0.815 bits per heavy atom. The maximum absolute atomic E-state index is 9.05. The highest BCUT2D eigenvalue weighted by Crippen LogP contribution is 2.39. The van der Waals surface area contributed by atoms with Crippen molar-refractivity contribution in [1.82, 2.24) is 0 Å². The SMILES string of the molecule is CCCC1CCC(CCC2CCC(CCC3CCC(C#N)CC3)CC2)CC1. The maximum Gasteiger partial charge on any atom is 0.0655 e. The van der Waals surface area contributed by atoms with Gasteiger partial charge in [-0.2, -0.15) is 5.26 Å². The molecule has 0 aromatic heterocycles. The fourth-order valence-corrected chi connectivity index (χ4v) is 6.55. The van der Waals surface area contributed by atoms with Crippen molar-refractivity contribution in [2.75, 3.05) is 0 Å². The van der Waals surface area contributed by atoms with Crippen LogP contribution in [0.5, 0.6) is 0 Å². The summed E-state index contributed by atoms with van der Waals surface area (Å²) in [5.41, 5.74) is 0. The van der Waals surface area contributed by atoms with E-state index in [1.807, 2.05) is 0 Å². The molecule has 0 atom stereocenters. The van der Waals surface area contributed by atoms with Gasteiger partial charge in [-0.3, -0.25) is 0 Å². The van der Waals surface area contributed by atoms with Gasteiger partial charge in [0, 0.05) is 5.92 Å². The van der Waals surface area contributed by atoms with E-state index in [0.29, 0.717) is 5.92 Å². The van der Waals surface area contributed by atoms with Crippen molar-refractivity contribution >= 4 is 0 Å². The quantitative estimate of drug-likeness (QED) is 0.421. The first kappa shape index (κ1) is 21.2. The summed E-state index contributed by atoms with van der Waals surface area (Å²) < 4.78 is 0. The van der Waals surface area contributed by atoms with E-state index in [2.05, 4.69) is 13.0 Å². The van der Waals surface area contributed by atoms with E-state index in [9.17, 15) is 0 Å². The molecule has 0 amide bonds. The second-order valence-corrected chi connectivity index (χ2v) is 10.6. The third kappa shape index (κ3) is 7.11. The molecule has 0 aromatic rings. The number of nitrogens with zero attached hydrogens (tertiary/aromatic N) is 1. The number of nitriles is 1. The van der Waals surface area contributed by atoms with Gasteiger partial charge in [-0.15, -0.1) is 0 Å². The molecule has 0 heterocycles. The standard InChI is InChI=1S/C26H45N/c1-2-3-21-4-6-22(7-5-21)8-9-23-10-12-24(13-11-23)14-15-25-16-18-26(20-27)19-17-25/h21-26H,2-19H2,1H3. The van der Waals surface area contributed by atoms with E-state index < -0.39 is 0 Å². The van der Waals surface area contributed by atoms with E-state index in [4.69, 9.17) is 5.26 Å². The lowest BCUT2D eigenvalue weighted by Crippen LogP contribution is -2.19. The van der Waals surface area contributed by atoms with Crippen molar-refractivity contribution < 1.29 is 0 Å². The Morgan fingerprint density at radius 1 is 0.519 bits per heavy atom. The zero-order chi connectivity index (χ0) is 18.9. The molecule has 154 valence electrons. The fraction of sp³-hybridized carbons (Fsp3) is 0.962. The summed E-state index contributed by atoms with van der Waals surface area (Å²) in [6.07, 6.45) is 26.1. The molecule has 3 aliphatic carbocycles. The second kappa shape index (κ2) is 11.5. The number of hydrogen-bond acceptors (Lipinski definition) is 1. The van der Waals surface area contributed by atoms with Crippen LogP contribution in [0.2, 0.25) is 0 Å². The van der Waals surface area contributed by atoms with E-state index in [1.54, 1.807) is 0 Å². The molecule has 27 heavy (non-hydrogen) atoms. The van der Waals surface area contributed by atoms with E-state index in [1.165, 1.54) is 116 Å². The van der Waals surface area contributed by atoms with Gasteiger partial charge < -0.3 is 0 Å². The van der Waals surface area contributed by atoms with Crippen LogP contribution in [-0.4, -0.2) is 0 Å². The van der Waals surface area contributed by atoms with Gasteiger partial charge in [-0.05, 0) is 55.3 Å². The largest absolute Gasteiger partial charge is 0.198 e. The first-order chi connectivity index (χ1) is 13.3. The summed E-state index contributed by atoms with van der Waals surface area (Å²) in [6, 6.07) is 2.48. The van der Waals surface area contributed by atoms with Gasteiger partial charge >= 0.3 is 0 Å². The van der Waals surface area contributed by atoms with Gasteiger partial charge in [0.05, 0.1) is 6.07 Å². The minimum Gasteiger partial charge on any atom is -0.198 e. The molecule has 0 bridgehead atoms. The van der Waals surface area contributed by atoms with E-state index >= 15 is 0 Å². The Hall–Kier alpha value is -0.510. The Kier molecular flexibility index (Phi) is 9.02. The van der Waals surface area contributed by atoms with Crippen LogP contribution in [-0.2, 0) is 0 Å². The van der Waals surface area contributed by atoms with Gasteiger partial charge in [0.1, 0.15) is 0 Å². The minimum absolute atomic E-state index is 0.374. The van der Waals surface area contributed by atoms with Crippen LogP contribution < -0.4 is 0 Å². The van der Waals surface area contributed by atoms with Crippen LogP contribution in [0, 0.1) is 46.8 Å². The summed E-state index contributed by atoms with van der Waals surface area (Å²) in [6.45, 7) is 2.35. The third-order valence-electron chi connectivity index (χ3n) is 8.63. The molecule has 0 spiro atoms. The number of hydrogen-bond donors (Lipinski definition) is 0. The predicted molar refractivity (Wildman–Crippen MR) is 115 cm³/mol. The first-order valence-electron chi connectivity index (χ1n) is 12.7. The summed E-state index contributed by atoms with van der Waals surface area (Å²) >= 11 is 0. The van der Waals surface area contributed by atoms with Gasteiger partial charge in [0.15, 0.2) is 0 Å². The van der Waals surface area contributed by atoms with Crippen molar-refractivity contribution in [1.29, 1.82) is 5.26 Å². The molecular weight excluding hydrogens is 326 g/mol. The predicted octanol–water partition coefficient (Wildman–Crippen LogP) is 8.29. The lowest BCUT2D eigenvalue weighted by atomic mass is 9.73. The molecule has 0 aromatic carbocycles. The van der Waals surface area contributed by atoms with Crippen LogP contribution in [0.1, 0.15) is 122 Å². The molecule has 1 nitrogen and oxygen atoms in total. The zero-order valence-corrected chi connectivity index (χ0v) is 18.1. The Balaban J connectivity index is 1.23. The van der Waals surface area contributed by atoms with Crippen molar-refractivity contribution in [2.45, 2.75) is 122 Å². The van der Waals surface area contributed by atoms with Crippen molar-refractivity contribution in [3.63, 3.8) is 0 Å². The molecule has 0 saturated heterocycles. The molecule has 3 fully saturated rings. The highest BCUT2D eigenvalue weighted by atomic mass is 14.3. The van der Waals surface area contributed by atoms with E-state index in [0.717, 1.165) is 29.6 Å². The molecule has 3 saturated carbocycles. The van der Waals surface area contributed by atoms with Gasteiger partial charge in [-0.25, -0.2) is 0 Å². The zero-order valence-electron chi connectivity index (χ0n) is 18.1. The van der Waals surface area contributed by atoms with Crippen LogP contribution >= 0.6 is 0 Å². The molecular formula is C26H45N.